The van der Waals surface area contributed by atoms with Gasteiger partial charge in [-0.15, -0.1) is 0 Å². The first-order valence-electron chi connectivity index (χ1n) is 7.77. The Morgan fingerprint density at radius 2 is 1.96 bits per heavy atom. The molecular weight excluding hydrogens is 309 g/mol. The lowest BCUT2D eigenvalue weighted by Crippen LogP contribution is -2.32. The predicted molar refractivity (Wildman–Crippen MR) is 88.6 cm³/mol. The summed E-state index contributed by atoms with van der Waals surface area (Å²) in [7, 11) is 0. The van der Waals surface area contributed by atoms with Crippen molar-refractivity contribution in [3.63, 3.8) is 0 Å². The number of anilines is 1. The highest BCUT2D eigenvalue weighted by Crippen LogP contribution is 2.33. The number of nitrogens with zero attached hydrogens (tertiary/aromatic N) is 3. The van der Waals surface area contributed by atoms with Crippen molar-refractivity contribution in [2.24, 2.45) is 0 Å². The molecule has 6 heteroatoms. The minimum Gasteiger partial charge on any atom is -0.383 e. The number of hydrogen-bond donors (Lipinski definition) is 1. The van der Waals surface area contributed by atoms with Crippen LogP contribution in [0.4, 0.5) is 10.2 Å². The third-order valence-electron chi connectivity index (χ3n) is 4.51. The normalized spacial score (nSPS) is 20.7. The van der Waals surface area contributed by atoms with Crippen molar-refractivity contribution in [2.75, 3.05) is 18.0 Å². The summed E-state index contributed by atoms with van der Waals surface area (Å²) in [6, 6.07) is 12.7. The van der Waals surface area contributed by atoms with Crippen molar-refractivity contribution in [2.45, 2.75) is 12.0 Å². The van der Waals surface area contributed by atoms with Crippen LogP contribution in [0.25, 0.3) is 5.65 Å². The highest BCUT2D eigenvalue weighted by atomic mass is 19.1. The zero-order valence-electron chi connectivity index (χ0n) is 12.9. The number of hydrogen-bond acceptors (Lipinski definition) is 4. The predicted octanol–water partition coefficient (Wildman–Crippen LogP) is 1.93. The van der Waals surface area contributed by atoms with E-state index >= 15 is 0 Å². The van der Waals surface area contributed by atoms with Crippen LogP contribution in [0.1, 0.15) is 12.0 Å². The fourth-order valence-corrected chi connectivity index (χ4v) is 3.19. The van der Waals surface area contributed by atoms with Gasteiger partial charge < -0.3 is 10.0 Å². The average molecular weight is 325 g/mol. The van der Waals surface area contributed by atoms with Gasteiger partial charge in [0, 0.05) is 18.8 Å². The molecule has 3 heterocycles. The molecule has 1 aliphatic rings. The molecule has 0 spiro atoms. The second-order valence-electron chi connectivity index (χ2n) is 6.09. The van der Waals surface area contributed by atoms with Crippen molar-refractivity contribution in [3.8, 4) is 0 Å². The fraction of sp³-hybridized carbons (Fsp3) is 0.222. The van der Waals surface area contributed by atoms with Gasteiger partial charge in [-0.1, -0.05) is 18.2 Å². The van der Waals surface area contributed by atoms with Gasteiger partial charge in [-0.05, 0) is 36.2 Å². The summed E-state index contributed by atoms with van der Waals surface area (Å²) in [6.45, 7) is 0.886. The molecule has 1 aliphatic heterocycles. The van der Waals surface area contributed by atoms with E-state index in [1.807, 2.05) is 11.0 Å². The highest BCUT2D eigenvalue weighted by molar-refractivity contribution is 5.49. The highest BCUT2D eigenvalue weighted by Gasteiger charge is 2.38. The third kappa shape index (κ3) is 2.45. The monoisotopic (exact) mass is 325 g/mol. The first-order valence-corrected chi connectivity index (χ1v) is 7.77. The molecule has 1 atom stereocenters. The zero-order valence-corrected chi connectivity index (χ0v) is 12.9. The summed E-state index contributed by atoms with van der Waals surface area (Å²) in [4.78, 5) is 18.6. The van der Waals surface area contributed by atoms with E-state index in [9.17, 15) is 14.3 Å². The van der Waals surface area contributed by atoms with Crippen molar-refractivity contribution in [3.05, 3.63) is 76.5 Å². The van der Waals surface area contributed by atoms with Crippen molar-refractivity contribution < 1.29 is 9.50 Å². The van der Waals surface area contributed by atoms with Gasteiger partial charge in [0.05, 0.1) is 6.54 Å². The summed E-state index contributed by atoms with van der Waals surface area (Å²) in [5.74, 6) is 0.214. The molecule has 0 bridgehead atoms. The van der Waals surface area contributed by atoms with Crippen LogP contribution in [-0.4, -0.2) is 27.6 Å². The van der Waals surface area contributed by atoms with E-state index in [0.29, 0.717) is 36.5 Å². The van der Waals surface area contributed by atoms with E-state index in [4.69, 9.17) is 0 Å². The van der Waals surface area contributed by atoms with Gasteiger partial charge in [-0.2, -0.15) is 0 Å². The number of β-amino-alcohol motifs (C(OH)–C–C–N with tert-alkyl or cyclic N) is 1. The molecule has 0 radical (unpaired) electrons. The first kappa shape index (κ1) is 14.8. The topological polar surface area (TPSA) is 57.8 Å². The van der Waals surface area contributed by atoms with Gasteiger partial charge in [0.25, 0.3) is 5.56 Å². The van der Waals surface area contributed by atoms with Gasteiger partial charge in [0.15, 0.2) is 0 Å². The lowest BCUT2D eigenvalue weighted by Gasteiger charge is -2.24. The van der Waals surface area contributed by atoms with Crippen LogP contribution >= 0.6 is 0 Å². The minimum atomic E-state index is -1.07. The summed E-state index contributed by atoms with van der Waals surface area (Å²) < 4.78 is 14.6. The van der Waals surface area contributed by atoms with Gasteiger partial charge in [-0.25, -0.2) is 9.37 Å². The lowest BCUT2D eigenvalue weighted by atomic mass is 9.93. The summed E-state index contributed by atoms with van der Waals surface area (Å²) >= 11 is 0. The molecule has 24 heavy (non-hydrogen) atoms. The molecule has 1 aromatic carbocycles. The maximum Gasteiger partial charge on any atom is 0.259 e. The average Bonchev–Trinajstić information content (AvgIpc) is 2.99. The Labute approximate surface area is 137 Å². The molecule has 2 aromatic heterocycles. The molecule has 1 saturated heterocycles. The van der Waals surface area contributed by atoms with Crippen LogP contribution in [0.3, 0.4) is 0 Å². The Morgan fingerprint density at radius 1 is 1.17 bits per heavy atom. The molecule has 0 saturated carbocycles. The van der Waals surface area contributed by atoms with Crippen LogP contribution < -0.4 is 10.5 Å². The van der Waals surface area contributed by atoms with Crippen LogP contribution in [-0.2, 0) is 5.60 Å². The van der Waals surface area contributed by atoms with Crippen LogP contribution in [0.2, 0.25) is 0 Å². The van der Waals surface area contributed by atoms with E-state index < -0.39 is 5.60 Å². The molecule has 3 aromatic rings. The Kier molecular flexibility index (Phi) is 3.35. The molecule has 0 aliphatic carbocycles. The summed E-state index contributed by atoms with van der Waals surface area (Å²) in [5, 5.41) is 10.9. The number of rotatable bonds is 2. The van der Waals surface area contributed by atoms with Crippen molar-refractivity contribution in [1.29, 1.82) is 0 Å². The SMILES string of the molecule is O=c1cc(N2CCC(O)(c3ccc(F)cc3)C2)nc2ccccn12. The summed E-state index contributed by atoms with van der Waals surface area (Å²) in [6.07, 6.45) is 2.17. The third-order valence-corrected chi connectivity index (χ3v) is 4.51. The fourth-order valence-electron chi connectivity index (χ4n) is 3.19. The van der Waals surface area contributed by atoms with Crippen LogP contribution in [0, 0.1) is 5.82 Å². The molecule has 122 valence electrons. The Morgan fingerprint density at radius 3 is 2.75 bits per heavy atom. The molecule has 5 nitrogen and oxygen atoms in total. The van der Waals surface area contributed by atoms with Crippen LogP contribution in [0.5, 0.6) is 0 Å². The molecule has 1 fully saturated rings. The zero-order chi connectivity index (χ0) is 16.7. The number of benzene rings is 1. The molecule has 1 unspecified atom stereocenters. The quantitative estimate of drug-likeness (QED) is 0.782. The largest absolute Gasteiger partial charge is 0.383 e. The second-order valence-corrected chi connectivity index (χ2v) is 6.09. The first-order chi connectivity index (χ1) is 11.5. The van der Waals surface area contributed by atoms with Gasteiger partial charge in [0.2, 0.25) is 0 Å². The number of pyridine rings is 1. The number of aliphatic hydroxyl groups is 1. The van der Waals surface area contributed by atoms with Gasteiger partial charge >= 0.3 is 0 Å². The smallest absolute Gasteiger partial charge is 0.259 e. The Bertz CT molecular complexity index is 954. The van der Waals surface area contributed by atoms with E-state index in [2.05, 4.69) is 4.98 Å². The molecular formula is C18H16FN3O2. The van der Waals surface area contributed by atoms with Crippen LogP contribution in [0.15, 0.2) is 59.5 Å². The van der Waals surface area contributed by atoms with E-state index in [-0.39, 0.29) is 11.4 Å². The lowest BCUT2D eigenvalue weighted by molar-refractivity contribution is 0.0605. The van der Waals surface area contributed by atoms with E-state index in [1.54, 1.807) is 30.5 Å². The van der Waals surface area contributed by atoms with E-state index in [0.717, 1.165) is 0 Å². The second kappa shape index (κ2) is 5.42. The van der Waals surface area contributed by atoms with Crippen molar-refractivity contribution in [1.82, 2.24) is 9.38 Å². The van der Waals surface area contributed by atoms with Gasteiger partial charge in [-0.3, -0.25) is 9.20 Å². The van der Waals surface area contributed by atoms with Gasteiger partial charge in [0.1, 0.15) is 22.9 Å². The van der Waals surface area contributed by atoms with Crippen molar-refractivity contribution >= 4 is 11.5 Å². The maximum absolute atomic E-state index is 13.1. The number of aromatic nitrogens is 2. The molecule has 4 rings (SSSR count). The minimum absolute atomic E-state index is 0.159. The van der Waals surface area contributed by atoms with E-state index in [1.165, 1.54) is 22.6 Å². The number of fused-ring (bicyclic) bond motifs is 1. The molecule has 0 amide bonds. The number of halogens is 1. The Balaban J connectivity index is 1.67. The summed E-state index contributed by atoms with van der Waals surface area (Å²) in [5.41, 5.74) is 0.00553. The maximum atomic E-state index is 13.1. The standard InChI is InChI=1S/C18H16FN3O2/c19-14-6-4-13(5-7-14)18(24)8-10-21(12-18)16-11-17(23)22-9-2-1-3-15(22)20-16/h1-7,9,11,24H,8,10,12H2. The molecule has 1 N–H and O–H groups in total. The Hall–Kier alpha value is -2.73.